The van der Waals surface area contributed by atoms with E-state index in [9.17, 15) is 9.90 Å². The van der Waals surface area contributed by atoms with Gasteiger partial charge in [0, 0.05) is 16.7 Å². The highest BCUT2D eigenvalue weighted by atomic mass is 79.9. The Hall–Kier alpha value is -0.980. The minimum absolute atomic E-state index is 0.0924. The van der Waals surface area contributed by atoms with Gasteiger partial charge >= 0.3 is 0 Å². The van der Waals surface area contributed by atoms with Gasteiger partial charge in [0.05, 0.1) is 13.2 Å². The Kier molecular flexibility index (Phi) is 4.68. The van der Waals surface area contributed by atoms with Crippen LogP contribution in [0, 0.1) is 0 Å². The Labute approximate surface area is 114 Å². The van der Waals surface area contributed by atoms with Gasteiger partial charge in [-0.1, -0.05) is 0 Å². The third-order valence-corrected chi connectivity index (χ3v) is 3.52. The van der Waals surface area contributed by atoms with Gasteiger partial charge in [0.15, 0.2) is 0 Å². The molecule has 1 unspecified atom stereocenters. The normalized spacial score (nSPS) is 20.0. The first kappa shape index (κ1) is 13.5. The molecule has 2 heterocycles. The van der Waals surface area contributed by atoms with Gasteiger partial charge in [0.1, 0.15) is 5.82 Å². The summed E-state index contributed by atoms with van der Waals surface area (Å²) in [7, 11) is 0. The van der Waals surface area contributed by atoms with Gasteiger partial charge in [-0.05, 0) is 47.4 Å². The van der Waals surface area contributed by atoms with E-state index in [4.69, 9.17) is 0 Å². The van der Waals surface area contributed by atoms with Crippen molar-refractivity contribution in [2.45, 2.75) is 18.9 Å². The van der Waals surface area contributed by atoms with E-state index in [2.05, 4.69) is 26.2 Å². The maximum absolute atomic E-state index is 11.8. The summed E-state index contributed by atoms with van der Waals surface area (Å²) >= 11 is 3.29. The molecule has 0 saturated carbocycles. The Balaban J connectivity index is 1.86. The number of hydrogen-bond acceptors (Lipinski definition) is 4. The second kappa shape index (κ2) is 6.26. The number of nitrogens with one attached hydrogen (secondary N) is 1. The van der Waals surface area contributed by atoms with Crippen molar-refractivity contribution in [1.82, 2.24) is 9.88 Å². The fourth-order valence-electron chi connectivity index (χ4n) is 2.13. The van der Waals surface area contributed by atoms with Gasteiger partial charge < -0.3 is 10.4 Å². The highest BCUT2D eigenvalue weighted by molar-refractivity contribution is 9.10. The van der Waals surface area contributed by atoms with Crippen molar-refractivity contribution in [2.24, 2.45) is 0 Å². The summed E-state index contributed by atoms with van der Waals surface area (Å²) in [6.45, 7) is 1.29. The molecule has 1 atom stereocenters. The number of aromatic nitrogens is 1. The summed E-state index contributed by atoms with van der Waals surface area (Å²) in [5, 5.41) is 11.9. The van der Waals surface area contributed by atoms with Gasteiger partial charge in [0.2, 0.25) is 5.91 Å². The molecule has 1 amide bonds. The average molecular weight is 314 g/mol. The number of hydrogen-bond donors (Lipinski definition) is 2. The van der Waals surface area contributed by atoms with Crippen LogP contribution < -0.4 is 5.32 Å². The molecule has 5 nitrogen and oxygen atoms in total. The number of carbonyl (C=O) groups is 1. The molecule has 18 heavy (non-hydrogen) atoms. The van der Waals surface area contributed by atoms with Crippen LogP contribution in [0.25, 0.3) is 0 Å². The second-order valence-electron chi connectivity index (χ2n) is 4.36. The fraction of sp³-hybridized carbons (Fsp3) is 0.500. The standard InChI is InChI=1S/C12H16BrN3O2/c13-9-3-4-11(14-6-9)15-12(18)7-16-5-1-2-10(16)8-17/h3-4,6,10,17H,1-2,5,7-8H2,(H,14,15,18). The van der Waals surface area contributed by atoms with E-state index < -0.39 is 0 Å². The maximum Gasteiger partial charge on any atom is 0.239 e. The van der Waals surface area contributed by atoms with Gasteiger partial charge in [-0.15, -0.1) is 0 Å². The van der Waals surface area contributed by atoms with Crippen molar-refractivity contribution >= 4 is 27.7 Å². The molecule has 98 valence electrons. The van der Waals surface area contributed by atoms with Crippen molar-refractivity contribution in [2.75, 3.05) is 25.0 Å². The average Bonchev–Trinajstić information content (AvgIpc) is 2.79. The zero-order valence-corrected chi connectivity index (χ0v) is 11.6. The molecule has 0 aromatic carbocycles. The van der Waals surface area contributed by atoms with Crippen LogP contribution >= 0.6 is 15.9 Å². The minimum Gasteiger partial charge on any atom is -0.395 e. The van der Waals surface area contributed by atoms with Crippen LogP contribution in [-0.2, 0) is 4.79 Å². The molecule has 6 heteroatoms. The molecular weight excluding hydrogens is 298 g/mol. The van der Waals surface area contributed by atoms with Crippen molar-refractivity contribution in [1.29, 1.82) is 0 Å². The Bertz CT molecular complexity index is 410. The molecule has 1 aromatic heterocycles. The van der Waals surface area contributed by atoms with Crippen LogP contribution in [0.1, 0.15) is 12.8 Å². The molecule has 1 fully saturated rings. The number of rotatable bonds is 4. The van der Waals surface area contributed by atoms with Crippen molar-refractivity contribution in [3.8, 4) is 0 Å². The molecule has 0 aliphatic carbocycles. The van der Waals surface area contributed by atoms with E-state index in [0.717, 1.165) is 23.9 Å². The number of aliphatic hydroxyl groups excluding tert-OH is 1. The molecule has 2 rings (SSSR count). The van der Waals surface area contributed by atoms with E-state index in [1.165, 1.54) is 0 Å². The number of likely N-dealkylation sites (tertiary alicyclic amines) is 1. The summed E-state index contributed by atoms with van der Waals surface area (Å²) in [4.78, 5) is 17.9. The van der Waals surface area contributed by atoms with E-state index in [1.54, 1.807) is 12.3 Å². The Morgan fingerprint density at radius 1 is 1.61 bits per heavy atom. The Morgan fingerprint density at radius 3 is 3.11 bits per heavy atom. The monoisotopic (exact) mass is 313 g/mol. The summed E-state index contributed by atoms with van der Waals surface area (Å²) in [5.74, 6) is 0.452. The van der Waals surface area contributed by atoms with E-state index in [0.29, 0.717) is 12.4 Å². The Morgan fingerprint density at radius 2 is 2.44 bits per heavy atom. The number of pyridine rings is 1. The lowest BCUT2D eigenvalue weighted by atomic mass is 10.2. The van der Waals surface area contributed by atoms with Gasteiger partial charge in [-0.25, -0.2) is 4.98 Å². The molecular formula is C12H16BrN3O2. The first-order valence-corrected chi connectivity index (χ1v) is 6.74. The van der Waals surface area contributed by atoms with Gasteiger partial charge in [0.25, 0.3) is 0 Å². The van der Waals surface area contributed by atoms with E-state index >= 15 is 0 Å². The van der Waals surface area contributed by atoms with Crippen molar-refractivity contribution < 1.29 is 9.90 Å². The lowest BCUT2D eigenvalue weighted by molar-refractivity contribution is -0.117. The second-order valence-corrected chi connectivity index (χ2v) is 5.27. The molecule has 0 bridgehead atoms. The van der Waals surface area contributed by atoms with Crippen molar-refractivity contribution in [3.63, 3.8) is 0 Å². The number of halogens is 1. The first-order valence-electron chi connectivity index (χ1n) is 5.95. The number of carbonyl (C=O) groups excluding carboxylic acids is 1. The number of aliphatic hydroxyl groups is 1. The van der Waals surface area contributed by atoms with Gasteiger partial charge in [-0.2, -0.15) is 0 Å². The molecule has 0 radical (unpaired) electrons. The molecule has 1 aromatic rings. The lowest BCUT2D eigenvalue weighted by Crippen LogP contribution is -2.38. The number of amides is 1. The topological polar surface area (TPSA) is 65.5 Å². The predicted octanol–water partition coefficient (Wildman–Crippen LogP) is 1.24. The highest BCUT2D eigenvalue weighted by Gasteiger charge is 2.25. The number of anilines is 1. The van der Waals surface area contributed by atoms with Crippen molar-refractivity contribution in [3.05, 3.63) is 22.8 Å². The van der Waals surface area contributed by atoms with Crippen LogP contribution in [0.5, 0.6) is 0 Å². The third-order valence-electron chi connectivity index (χ3n) is 3.05. The number of nitrogens with zero attached hydrogens (tertiary/aromatic N) is 2. The van der Waals surface area contributed by atoms with E-state index in [1.807, 2.05) is 11.0 Å². The lowest BCUT2D eigenvalue weighted by Gasteiger charge is -2.21. The highest BCUT2D eigenvalue weighted by Crippen LogP contribution is 2.16. The molecule has 1 aliphatic heterocycles. The summed E-state index contributed by atoms with van der Waals surface area (Å²) < 4.78 is 0.875. The quantitative estimate of drug-likeness (QED) is 0.877. The molecule has 0 spiro atoms. The van der Waals surface area contributed by atoms with Crippen LogP contribution in [0.2, 0.25) is 0 Å². The zero-order chi connectivity index (χ0) is 13.0. The third kappa shape index (κ3) is 3.51. The van der Waals surface area contributed by atoms with Crippen LogP contribution in [0.15, 0.2) is 22.8 Å². The molecule has 2 N–H and O–H groups in total. The van der Waals surface area contributed by atoms with Crippen LogP contribution in [0.3, 0.4) is 0 Å². The SMILES string of the molecule is O=C(CN1CCCC1CO)Nc1ccc(Br)cn1. The summed E-state index contributed by atoms with van der Waals surface area (Å²) in [5.41, 5.74) is 0. The van der Waals surface area contributed by atoms with Gasteiger partial charge in [-0.3, -0.25) is 9.69 Å². The fourth-order valence-corrected chi connectivity index (χ4v) is 2.36. The summed E-state index contributed by atoms with van der Waals surface area (Å²) in [6.07, 6.45) is 3.64. The molecule has 1 saturated heterocycles. The smallest absolute Gasteiger partial charge is 0.239 e. The van der Waals surface area contributed by atoms with Crippen LogP contribution in [0.4, 0.5) is 5.82 Å². The first-order chi connectivity index (χ1) is 8.69. The maximum atomic E-state index is 11.8. The zero-order valence-electron chi connectivity index (χ0n) is 9.97. The largest absolute Gasteiger partial charge is 0.395 e. The van der Waals surface area contributed by atoms with Crippen LogP contribution in [-0.4, -0.2) is 46.6 Å². The minimum atomic E-state index is -0.0924. The summed E-state index contributed by atoms with van der Waals surface area (Å²) in [6, 6.07) is 3.69. The predicted molar refractivity (Wildman–Crippen MR) is 72.2 cm³/mol. The molecule has 1 aliphatic rings. The van der Waals surface area contributed by atoms with E-state index in [-0.39, 0.29) is 18.6 Å².